The van der Waals surface area contributed by atoms with E-state index in [1.807, 2.05) is 24.1 Å². The highest BCUT2D eigenvalue weighted by Crippen LogP contribution is 2.33. The summed E-state index contributed by atoms with van der Waals surface area (Å²) in [6, 6.07) is 0.238. The van der Waals surface area contributed by atoms with Gasteiger partial charge in [0.1, 0.15) is 0 Å². The Morgan fingerprint density at radius 3 is 2.74 bits per heavy atom. The summed E-state index contributed by atoms with van der Waals surface area (Å²) < 4.78 is 1.81. The van der Waals surface area contributed by atoms with Crippen LogP contribution in [0.2, 0.25) is 0 Å². The van der Waals surface area contributed by atoms with Gasteiger partial charge in [0.15, 0.2) is 0 Å². The summed E-state index contributed by atoms with van der Waals surface area (Å²) in [5.74, 6) is 0.816. The summed E-state index contributed by atoms with van der Waals surface area (Å²) in [7, 11) is 1.93. The van der Waals surface area contributed by atoms with Crippen molar-refractivity contribution in [3.8, 4) is 0 Å². The average Bonchev–Trinajstić information content (AvgIpc) is 2.84. The van der Waals surface area contributed by atoms with Crippen molar-refractivity contribution >= 4 is 0 Å². The number of aryl methyl sites for hydroxylation is 1. The van der Waals surface area contributed by atoms with Crippen molar-refractivity contribution in [3.05, 3.63) is 18.0 Å². The molecule has 1 aromatic heterocycles. The Hall–Kier alpha value is -0.870. The van der Waals surface area contributed by atoms with E-state index in [1.165, 1.54) is 12.0 Å². The maximum absolute atomic E-state index is 10.6. The van der Waals surface area contributed by atoms with Gasteiger partial charge in [-0.2, -0.15) is 5.10 Å². The van der Waals surface area contributed by atoms with E-state index in [0.717, 1.165) is 31.6 Å². The second-order valence-electron chi connectivity index (χ2n) is 6.13. The third-order valence-corrected chi connectivity index (χ3v) is 4.58. The van der Waals surface area contributed by atoms with Crippen LogP contribution in [0.25, 0.3) is 0 Å². The van der Waals surface area contributed by atoms with Crippen molar-refractivity contribution in [2.45, 2.75) is 57.6 Å². The molecule has 108 valence electrons. The second kappa shape index (κ2) is 6.06. The first kappa shape index (κ1) is 14.5. The average molecular weight is 265 g/mol. The quantitative estimate of drug-likeness (QED) is 0.859. The normalized spacial score (nSPS) is 29.4. The monoisotopic (exact) mass is 265 g/mol. The number of rotatable bonds is 5. The Bertz CT molecular complexity index is 394. The molecule has 1 unspecified atom stereocenters. The third kappa shape index (κ3) is 3.80. The van der Waals surface area contributed by atoms with Gasteiger partial charge in [0.25, 0.3) is 0 Å². The van der Waals surface area contributed by atoms with Crippen LogP contribution in [-0.2, 0) is 7.05 Å². The molecule has 1 aromatic rings. The fourth-order valence-corrected chi connectivity index (χ4v) is 2.92. The summed E-state index contributed by atoms with van der Waals surface area (Å²) in [4.78, 5) is 0. The van der Waals surface area contributed by atoms with Gasteiger partial charge in [-0.15, -0.1) is 0 Å². The molecule has 0 spiro atoms. The molecule has 4 heteroatoms. The minimum absolute atomic E-state index is 0.238. The van der Waals surface area contributed by atoms with Crippen LogP contribution in [0.5, 0.6) is 0 Å². The van der Waals surface area contributed by atoms with E-state index in [9.17, 15) is 5.11 Å². The van der Waals surface area contributed by atoms with Crippen molar-refractivity contribution in [1.29, 1.82) is 0 Å². The van der Waals surface area contributed by atoms with Crippen molar-refractivity contribution < 1.29 is 5.11 Å². The molecule has 1 saturated carbocycles. The maximum atomic E-state index is 10.6. The minimum Gasteiger partial charge on any atom is -0.389 e. The molecule has 0 amide bonds. The lowest BCUT2D eigenvalue weighted by Gasteiger charge is -2.36. The van der Waals surface area contributed by atoms with Crippen molar-refractivity contribution in [1.82, 2.24) is 15.1 Å². The number of aliphatic hydroxyl groups is 1. The number of nitrogens with zero attached hydrogens (tertiary/aromatic N) is 2. The molecular formula is C15H27N3O. The highest BCUT2D eigenvalue weighted by atomic mass is 16.3. The Kier molecular flexibility index (Phi) is 4.63. The number of hydrogen-bond acceptors (Lipinski definition) is 3. The van der Waals surface area contributed by atoms with Crippen LogP contribution < -0.4 is 5.32 Å². The topological polar surface area (TPSA) is 50.1 Å². The lowest BCUT2D eigenvalue weighted by molar-refractivity contribution is -0.0103. The van der Waals surface area contributed by atoms with E-state index in [-0.39, 0.29) is 6.04 Å². The highest BCUT2D eigenvalue weighted by Gasteiger charge is 2.32. The van der Waals surface area contributed by atoms with Gasteiger partial charge in [0.2, 0.25) is 0 Å². The zero-order valence-electron chi connectivity index (χ0n) is 12.4. The fourth-order valence-electron chi connectivity index (χ4n) is 2.92. The van der Waals surface area contributed by atoms with Crippen LogP contribution in [0.15, 0.2) is 12.4 Å². The second-order valence-corrected chi connectivity index (χ2v) is 6.13. The van der Waals surface area contributed by atoms with E-state index in [4.69, 9.17) is 0 Å². The van der Waals surface area contributed by atoms with E-state index in [1.54, 1.807) is 0 Å². The van der Waals surface area contributed by atoms with Gasteiger partial charge in [0, 0.05) is 31.4 Å². The first-order valence-corrected chi connectivity index (χ1v) is 7.47. The smallest absolute Gasteiger partial charge is 0.0772 e. The van der Waals surface area contributed by atoms with Gasteiger partial charge < -0.3 is 10.4 Å². The zero-order chi connectivity index (χ0) is 13.9. The predicted octanol–water partition coefficient (Wildman–Crippen LogP) is 2.40. The van der Waals surface area contributed by atoms with E-state index in [0.29, 0.717) is 6.54 Å². The summed E-state index contributed by atoms with van der Waals surface area (Å²) in [6.07, 6.45) is 9.34. The van der Waals surface area contributed by atoms with E-state index in [2.05, 4.69) is 24.3 Å². The van der Waals surface area contributed by atoms with Crippen LogP contribution in [0.1, 0.15) is 57.6 Å². The van der Waals surface area contributed by atoms with Crippen molar-refractivity contribution in [2.24, 2.45) is 13.0 Å². The SMILES string of the molecule is CCC1CCC(O)(CNC(C)c2cnn(C)c2)CC1. The first-order valence-electron chi connectivity index (χ1n) is 7.47. The van der Waals surface area contributed by atoms with E-state index >= 15 is 0 Å². The van der Waals surface area contributed by atoms with Gasteiger partial charge >= 0.3 is 0 Å². The highest BCUT2D eigenvalue weighted by molar-refractivity contribution is 5.09. The molecule has 2 rings (SSSR count). The standard InChI is InChI=1S/C15H27N3O/c1-4-13-5-7-15(19,8-6-13)11-16-12(2)14-9-17-18(3)10-14/h9-10,12-13,16,19H,4-8,11H2,1-3H3. The molecule has 1 atom stereocenters. The fraction of sp³-hybridized carbons (Fsp3) is 0.800. The molecule has 0 radical (unpaired) electrons. The summed E-state index contributed by atoms with van der Waals surface area (Å²) in [6.45, 7) is 5.05. The third-order valence-electron chi connectivity index (χ3n) is 4.58. The molecule has 1 heterocycles. The molecule has 0 saturated heterocycles. The van der Waals surface area contributed by atoms with Gasteiger partial charge in [0.05, 0.1) is 11.8 Å². The van der Waals surface area contributed by atoms with Crippen molar-refractivity contribution in [3.63, 3.8) is 0 Å². The van der Waals surface area contributed by atoms with Gasteiger partial charge in [-0.1, -0.05) is 13.3 Å². The Labute approximate surface area is 116 Å². The van der Waals surface area contributed by atoms with Crippen molar-refractivity contribution in [2.75, 3.05) is 6.54 Å². The molecule has 19 heavy (non-hydrogen) atoms. The molecule has 0 aromatic carbocycles. The van der Waals surface area contributed by atoms with Crippen LogP contribution in [0.3, 0.4) is 0 Å². The molecule has 1 aliphatic rings. The van der Waals surface area contributed by atoms with Crippen LogP contribution in [0, 0.1) is 5.92 Å². The minimum atomic E-state index is -0.512. The molecule has 0 bridgehead atoms. The largest absolute Gasteiger partial charge is 0.389 e. The van der Waals surface area contributed by atoms with Crippen LogP contribution >= 0.6 is 0 Å². The molecular weight excluding hydrogens is 238 g/mol. The number of aromatic nitrogens is 2. The molecule has 1 fully saturated rings. The number of nitrogens with one attached hydrogen (secondary N) is 1. The summed E-state index contributed by atoms with van der Waals surface area (Å²) in [5, 5.41) is 18.2. The molecule has 0 aliphatic heterocycles. The lowest BCUT2D eigenvalue weighted by Crippen LogP contribution is -2.44. The van der Waals surface area contributed by atoms with Crippen LogP contribution in [-0.4, -0.2) is 27.0 Å². The van der Waals surface area contributed by atoms with Gasteiger partial charge in [-0.25, -0.2) is 0 Å². The Morgan fingerprint density at radius 1 is 1.53 bits per heavy atom. The molecule has 2 N–H and O–H groups in total. The van der Waals surface area contributed by atoms with Crippen LogP contribution in [0.4, 0.5) is 0 Å². The Morgan fingerprint density at radius 2 is 2.21 bits per heavy atom. The first-order chi connectivity index (χ1) is 9.02. The summed E-state index contributed by atoms with van der Waals surface area (Å²) in [5.41, 5.74) is 0.663. The number of hydrogen-bond donors (Lipinski definition) is 2. The zero-order valence-corrected chi connectivity index (χ0v) is 12.4. The lowest BCUT2D eigenvalue weighted by atomic mass is 9.78. The molecule has 4 nitrogen and oxygen atoms in total. The maximum Gasteiger partial charge on any atom is 0.0772 e. The van der Waals surface area contributed by atoms with Gasteiger partial charge in [-0.05, 0) is 38.5 Å². The summed E-state index contributed by atoms with van der Waals surface area (Å²) >= 11 is 0. The molecule has 1 aliphatic carbocycles. The van der Waals surface area contributed by atoms with Gasteiger partial charge in [-0.3, -0.25) is 4.68 Å². The Balaban J connectivity index is 1.81. The predicted molar refractivity (Wildman–Crippen MR) is 76.8 cm³/mol. The van der Waals surface area contributed by atoms with E-state index < -0.39 is 5.60 Å².